The second kappa shape index (κ2) is 6.67. The summed E-state index contributed by atoms with van der Waals surface area (Å²) in [5.74, 6) is -1.11. The number of rotatable bonds is 5. The highest BCUT2D eigenvalue weighted by Crippen LogP contribution is 2.48. The van der Waals surface area contributed by atoms with Gasteiger partial charge in [-0.25, -0.2) is 9.59 Å². The highest BCUT2D eigenvalue weighted by atomic mass is 16.5. The standard InChI is InChI=1S/C21H21NO4/c1-4-13-21(2,19(23)24)22(20(25)26-3)18-16-11-7-5-9-14(16)15-10-6-8-12-17(15)18/h4-12,18H,1,13H2,2-3H3,(H,23,24)/t21-/m0/s1. The Hall–Kier alpha value is -3.08. The van der Waals surface area contributed by atoms with Crippen LogP contribution in [0.3, 0.4) is 0 Å². The first-order valence-electron chi connectivity index (χ1n) is 8.35. The van der Waals surface area contributed by atoms with E-state index in [1.165, 1.54) is 25.0 Å². The summed E-state index contributed by atoms with van der Waals surface area (Å²) in [6.07, 6.45) is 0.919. The summed E-state index contributed by atoms with van der Waals surface area (Å²) < 4.78 is 4.99. The van der Waals surface area contributed by atoms with E-state index in [2.05, 4.69) is 6.58 Å². The summed E-state index contributed by atoms with van der Waals surface area (Å²) in [5.41, 5.74) is 2.26. The van der Waals surface area contributed by atoms with Gasteiger partial charge in [-0.2, -0.15) is 0 Å². The van der Waals surface area contributed by atoms with Gasteiger partial charge in [0.25, 0.3) is 0 Å². The maximum absolute atomic E-state index is 12.8. The Morgan fingerprint density at radius 3 is 2.08 bits per heavy atom. The summed E-state index contributed by atoms with van der Waals surface area (Å²) >= 11 is 0. The zero-order valence-corrected chi connectivity index (χ0v) is 14.8. The van der Waals surface area contributed by atoms with Crippen LogP contribution < -0.4 is 0 Å². The largest absolute Gasteiger partial charge is 0.479 e. The molecule has 1 aliphatic rings. The number of fused-ring (bicyclic) bond motifs is 3. The van der Waals surface area contributed by atoms with Gasteiger partial charge in [0.1, 0.15) is 5.54 Å². The SMILES string of the molecule is C=CC[C@@](C)(C(=O)O)N(C(=O)OC)C1c2ccccc2-c2ccccc21. The Bertz CT molecular complexity index is 830. The molecular formula is C21H21NO4. The van der Waals surface area contributed by atoms with Gasteiger partial charge in [0.15, 0.2) is 0 Å². The Labute approximate surface area is 152 Å². The number of hydrogen-bond acceptors (Lipinski definition) is 3. The van der Waals surface area contributed by atoms with Crippen LogP contribution in [0.1, 0.15) is 30.5 Å². The highest BCUT2D eigenvalue weighted by Gasteiger charge is 2.49. The molecule has 1 amide bonds. The zero-order chi connectivity index (χ0) is 18.9. The van der Waals surface area contributed by atoms with Crippen molar-refractivity contribution in [2.45, 2.75) is 24.9 Å². The third-order valence-corrected chi connectivity index (χ3v) is 4.96. The van der Waals surface area contributed by atoms with E-state index in [0.717, 1.165) is 22.3 Å². The first-order chi connectivity index (χ1) is 12.5. The van der Waals surface area contributed by atoms with Gasteiger partial charge in [0, 0.05) is 0 Å². The minimum Gasteiger partial charge on any atom is -0.479 e. The summed E-state index contributed by atoms with van der Waals surface area (Å²) in [7, 11) is 1.26. The topological polar surface area (TPSA) is 66.8 Å². The molecule has 5 nitrogen and oxygen atoms in total. The van der Waals surface area contributed by atoms with Crippen LogP contribution in [0.2, 0.25) is 0 Å². The van der Waals surface area contributed by atoms with Crippen molar-refractivity contribution < 1.29 is 19.4 Å². The number of hydrogen-bond donors (Lipinski definition) is 1. The van der Waals surface area contributed by atoms with Gasteiger partial charge in [0.2, 0.25) is 0 Å². The smallest absolute Gasteiger partial charge is 0.411 e. The molecule has 0 saturated carbocycles. The van der Waals surface area contributed by atoms with Crippen molar-refractivity contribution in [3.05, 3.63) is 72.3 Å². The first-order valence-corrected chi connectivity index (χ1v) is 8.35. The zero-order valence-electron chi connectivity index (χ0n) is 14.8. The van der Waals surface area contributed by atoms with Gasteiger partial charge >= 0.3 is 12.1 Å². The van der Waals surface area contributed by atoms with Crippen LogP contribution in [0.25, 0.3) is 11.1 Å². The molecule has 0 heterocycles. The predicted molar refractivity (Wildman–Crippen MR) is 98.8 cm³/mol. The molecule has 0 unspecified atom stereocenters. The summed E-state index contributed by atoms with van der Waals surface area (Å²) in [4.78, 5) is 26.2. The number of carbonyl (C=O) groups excluding carboxylic acids is 1. The third-order valence-electron chi connectivity index (χ3n) is 4.96. The number of methoxy groups -OCH3 is 1. The number of nitrogens with zero attached hydrogens (tertiary/aromatic N) is 1. The summed E-state index contributed by atoms with van der Waals surface area (Å²) in [6.45, 7) is 5.19. The molecule has 2 aromatic carbocycles. The van der Waals surface area contributed by atoms with Gasteiger partial charge in [-0.15, -0.1) is 6.58 Å². The van der Waals surface area contributed by atoms with Crippen molar-refractivity contribution in [1.29, 1.82) is 0 Å². The highest BCUT2D eigenvalue weighted by molar-refractivity contribution is 5.87. The summed E-state index contributed by atoms with van der Waals surface area (Å²) in [5, 5.41) is 9.94. The second-order valence-electron chi connectivity index (χ2n) is 6.49. The molecule has 1 N–H and O–H groups in total. The van der Waals surface area contributed by atoms with E-state index in [1.807, 2.05) is 48.5 Å². The average molecular weight is 351 g/mol. The van der Waals surface area contributed by atoms with Crippen molar-refractivity contribution in [2.75, 3.05) is 7.11 Å². The van der Waals surface area contributed by atoms with Crippen LogP contribution in [-0.2, 0) is 9.53 Å². The van der Waals surface area contributed by atoms with Crippen LogP contribution in [-0.4, -0.2) is 34.7 Å². The lowest BCUT2D eigenvalue weighted by molar-refractivity contribution is -0.150. The Kier molecular flexibility index (Phi) is 4.55. The molecule has 0 spiro atoms. The molecule has 0 bridgehead atoms. The Morgan fingerprint density at radius 1 is 1.15 bits per heavy atom. The maximum Gasteiger partial charge on any atom is 0.411 e. The van der Waals surface area contributed by atoms with E-state index in [9.17, 15) is 14.7 Å². The minimum absolute atomic E-state index is 0.0955. The fourth-order valence-electron chi connectivity index (χ4n) is 3.67. The van der Waals surface area contributed by atoms with E-state index in [1.54, 1.807) is 0 Å². The van der Waals surface area contributed by atoms with E-state index in [4.69, 9.17) is 4.74 Å². The molecule has 0 fully saturated rings. The van der Waals surface area contributed by atoms with Crippen molar-refractivity contribution in [2.24, 2.45) is 0 Å². The molecule has 0 aliphatic heterocycles. The second-order valence-corrected chi connectivity index (χ2v) is 6.49. The lowest BCUT2D eigenvalue weighted by Gasteiger charge is -2.41. The van der Waals surface area contributed by atoms with Gasteiger partial charge in [-0.3, -0.25) is 4.90 Å². The molecule has 1 aliphatic carbocycles. The molecule has 3 rings (SSSR count). The normalized spacial score (nSPS) is 14.7. The maximum atomic E-state index is 12.8. The van der Waals surface area contributed by atoms with E-state index >= 15 is 0 Å². The molecule has 0 saturated heterocycles. The van der Waals surface area contributed by atoms with Crippen LogP contribution >= 0.6 is 0 Å². The third kappa shape index (κ3) is 2.56. The van der Waals surface area contributed by atoms with Gasteiger partial charge in [0.05, 0.1) is 13.2 Å². The first kappa shape index (κ1) is 17.7. The van der Waals surface area contributed by atoms with Crippen LogP contribution in [0.5, 0.6) is 0 Å². The number of amides is 1. The number of carbonyl (C=O) groups is 2. The number of benzene rings is 2. The molecule has 26 heavy (non-hydrogen) atoms. The Morgan fingerprint density at radius 2 is 1.65 bits per heavy atom. The Balaban J connectivity index is 2.27. The van der Waals surface area contributed by atoms with E-state index in [-0.39, 0.29) is 6.42 Å². The van der Waals surface area contributed by atoms with E-state index < -0.39 is 23.6 Å². The lowest BCUT2D eigenvalue weighted by atomic mass is 9.91. The molecule has 1 atom stereocenters. The molecule has 0 aromatic heterocycles. The van der Waals surface area contributed by atoms with Crippen LogP contribution in [0.15, 0.2) is 61.2 Å². The van der Waals surface area contributed by atoms with Gasteiger partial charge in [-0.1, -0.05) is 54.6 Å². The van der Waals surface area contributed by atoms with Gasteiger partial charge < -0.3 is 9.84 Å². The molecule has 134 valence electrons. The predicted octanol–water partition coefficient (Wildman–Crippen LogP) is 4.24. The van der Waals surface area contributed by atoms with Crippen molar-refractivity contribution in [3.63, 3.8) is 0 Å². The fraction of sp³-hybridized carbons (Fsp3) is 0.238. The van der Waals surface area contributed by atoms with Gasteiger partial charge in [-0.05, 0) is 35.6 Å². The minimum atomic E-state index is -1.50. The molecule has 0 radical (unpaired) electrons. The molecule has 2 aromatic rings. The monoisotopic (exact) mass is 351 g/mol. The van der Waals surface area contributed by atoms with Crippen molar-refractivity contribution in [1.82, 2.24) is 4.90 Å². The fourth-order valence-corrected chi connectivity index (χ4v) is 3.67. The molecule has 5 heteroatoms. The lowest BCUT2D eigenvalue weighted by Crippen LogP contribution is -2.56. The number of carboxylic acids is 1. The molecular weight excluding hydrogens is 330 g/mol. The van der Waals surface area contributed by atoms with Crippen molar-refractivity contribution >= 4 is 12.1 Å². The van der Waals surface area contributed by atoms with Crippen LogP contribution in [0, 0.1) is 0 Å². The van der Waals surface area contributed by atoms with Crippen LogP contribution in [0.4, 0.5) is 4.79 Å². The number of carboxylic acid groups (broad SMARTS) is 1. The van der Waals surface area contributed by atoms with E-state index in [0.29, 0.717) is 0 Å². The number of aliphatic carboxylic acids is 1. The van der Waals surface area contributed by atoms with Crippen molar-refractivity contribution in [3.8, 4) is 11.1 Å². The number of ether oxygens (including phenoxy) is 1. The summed E-state index contributed by atoms with van der Waals surface area (Å²) in [6, 6.07) is 14.9. The average Bonchev–Trinajstić information content (AvgIpc) is 2.97. The quantitative estimate of drug-likeness (QED) is 0.818.